The van der Waals surface area contributed by atoms with E-state index in [0.29, 0.717) is 0 Å². The van der Waals surface area contributed by atoms with Gasteiger partial charge in [-0.1, -0.05) is 32.8 Å². The Kier molecular flexibility index (Phi) is 3.25. The lowest BCUT2D eigenvalue weighted by molar-refractivity contribution is -0.0120. The molecule has 0 spiro atoms. The van der Waals surface area contributed by atoms with Gasteiger partial charge in [-0.25, -0.2) is 0 Å². The number of hydrogen-bond acceptors (Lipinski definition) is 1. The highest BCUT2D eigenvalue weighted by Crippen LogP contribution is 2.51. The van der Waals surface area contributed by atoms with Crippen molar-refractivity contribution in [3.8, 4) is 12.3 Å². The first-order chi connectivity index (χ1) is 8.36. The normalized spacial score (nSPS) is 17.3. The molecule has 0 N–H and O–H groups in total. The zero-order valence-corrected chi connectivity index (χ0v) is 11.8. The van der Waals surface area contributed by atoms with Crippen molar-refractivity contribution >= 4 is 0 Å². The Labute approximate surface area is 111 Å². The molecular formula is C17H22O. The van der Waals surface area contributed by atoms with Crippen LogP contribution < -0.4 is 0 Å². The molecule has 1 saturated carbocycles. The van der Waals surface area contributed by atoms with E-state index in [1.54, 1.807) is 0 Å². The first-order valence-corrected chi connectivity index (χ1v) is 6.58. The van der Waals surface area contributed by atoms with Gasteiger partial charge in [0.1, 0.15) is 0 Å². The molecule has 0 heterocycles. The summed E-state index contributed by atoms with van der Waals surface area (Å²) in [6.07, 6.45) is 7.68. The van der Waals surface area contributed by atoms with Crippen molar-refractivity contribution < 1.29 is 4.74 Å². The van der Waals surface area contributed by atoms with Crippen LogP contribution >= 0.6 is 0 Å². The highest BCUT2D eigenvalue weighted by molar-refractivity contribution is 5.43. The molecule has 0 unspecified atom stereocenters. The van der Waals surface area contributed by atoms with Gasteiger partial charge in [0.15, 0.2) is 0 Å². The third-order valence-electron chi connectivity index (χ3n) is 3.37. The van der Waals surface area contributed by atoms with E-state index in [1.807, 2.05) is 6.07 Å². The fourth-order valence-electron chi connectivity index (χ4n) is 2.22. The molecule has 1 aromatic carbocycles. The number of hydrogen-bond donors (Lipinski definition) is 0. The molecule has 2 rings (SSSR count). The molecule has 0 amide bonds. The molecule has 18 heavy (non-hydrogen) atoms. The minimum absolute atomic E-state index is 0.0372. The summed E-state index contributed by atoms with van der Waals surface area (Å²) in [4.78, 5) is 0. The van der Waals surface area contributed by atoms with Crippen LogP contribution in [-0.2, 0) is 10.3 Å². The second-order valence-corrected chi connectivity index (χ2v) is 6.52. The van der Waals surface area contributed by atoms with Gasteiger partial charge in [-0.05, 0) is 48.4 Å². The average Bonchev–Trinajstić information content (AvgIpc) is 3.06. The Morgan fingerprint density at radius 2 is 2.00 bits per heavy atom. The van der Waals surface area contributed by atoms with Gasteiger partial charge in [0.2, 0.25) is 0 Å². The molecular weight excluding hydrogens is 220 g/mol. The molecule has 0 saturated heterocycles. The Hall–Kier alpha value is -1.26. The molecule has 1 aliphatic carbocycles. The third kappa shape index (κ3) is 2.76. The predicted molar refractivity (Wildman–Crippen MR) is 75.4 cm³/mol. The van der Waals surface area contributed by atoms with Crippen molar-refractivity contribution in [1.82, 2.24) is 0 Å². The summed E-state index contributed by atoms with van der Waals surface area (Å²) in [5.74, 6) is 2.68. The van der Waals surface area contributed by atoms with Gasteiger partial charge in [-0.15, -0.1) is 6.42 Å². The second kappa shape index (κ2) is 4.44. The largest absolute Gasteiger partial charge is 0.370 e. The Balaban J connectivity index is 2.19. The summed E-state index contributed by atoms with van der Waals surface area (Å²) in [6, 6.07) is 6.24. The SMILES string of the molecule is C#Cc1ccc(C2(OCC(C)(C)C)CC2)c(C)c1. The minimum Gasteiger partial charge on any atom is -0.370 e. The highest BCUT2D eigenvalue weighted by atomic mass is 16.5. The number of terminal acetylenes is 1. The summed E-state index contributed by atoms with van der Waals surface area (Å²) in [7, 11) is 0. The first-order valence-electron chi connectivity index (χ1n) is 6.58. The lowest BCUT2D eigenvalue weighted by atomic mass is 9.96. The topological polar surface area (TPSA) is 9.23 Å². The third-order valence-corrected chi connectivity index (χ3v) is 3.37. The van der Waals surface area contributed by atoms with E-state index in [1.165, 1.54) is 11.1 Å². The smallest absolute Gasteiger partial charge is 0.0936 e. The first kappa shape index (κ1) is 13.2. The molecule has 1 nitrogen and oxygen atoms in total. The van der Waals surface area contributed by atoms with E-state index >= 15 is 0 Å². The van der Waals surface area contributed by atoms with Crippen molar-refractivity contribution in [1.29, 1.82) is 0 Å². The zero-order valence-electron chi connectivity index (χ0n) is 11.8. The van der Waals surface area contributed by atoms with E-state index in [2.05, 4.69) is 45.7 Å². The van der Waals surface area contributed by atoms with Gasteiger partial charge in [-0.3, -0.25) is 0 Å². The van der Waals surface area contributed by atoms with Crippen LogP contribution in [0.4, 0.5) is 0 Å². The highest BCUT2D eigenvalue weighted by Gasteiger charge is 2.47. The summed E-state index contributed by atoms with van der Waals surface area (Å²) < 4.78 is 6.19. The van der Waals surface area contributed by atoms with Crippen LogP contribution in [0.1, 0.15) is 50.3 Å². The molecule has 0 bridgehead atoms. The molecule has 1 aliphatic rings. The molecule has 1 heteroatoms. The van der Waals surface area contributed by atoms with Gasteiger partial charge in [0.05, 0.1) is 12.2 Å². The van der Waals surface area contributed by atoms with Gasteiger partial charge >= 0.3 is 0 Å². The maximum Gasteiger partial charge on any atom is 0.0936 e. The van der Waals surface area contributed by atoms with E-state index in [0.717, 1.165) is 25.0 Å². The fraction of sp³-hybridized carbons (Fsp3) is 0.529. The van der Waals surface area contributed by atoms with Gasteiger partial charge < -0.3 is 4.74 Å². The summed E-state index contributed by atoms with van der Waals surface area (Å²) in [5, 5.41) is 0. The van der Waals surface area contributed by atoms with Crippen molar-refractivity contribution in [2.45, 2.75) is 46.1 Å². The Bertz CT molecular complexity index is 481. The molecule has 1 fully saturated rings. The second-order valence-electron chi connectivity index (χ2n) is 6.52. The molecule has 0 atom stereocenters. The summed E-state index contributed by atoms with van der Waals surface area (Å²) >= 11 is 0. The lowest BCUT2D eigenvalue weighted by Gasteiger charge is -2.25. The zero-order chi connectivity index (χ0) is 13.4. The Morgan fingerprint density at radius 3 is 2.44 bits per heavy atom. The number of benzene rings is 1. The van der Waals surface area contributed by atoms with Crippen molar-refractivity contribution in [2.24, 2.45) is 5.41 Å². The monoisotopic (exact) mass is 242 g/mol. The number of rotatable bonds is 3. The van der Waals surface area contributed by atoms with Gasteiger partial charge in [-0.2, -0.15) is 0 Å². The molecule has 0 radical (unpaired) electrons. The Morgan fingerprint density at radius 1 is 1.33 bits per heavy atom. The predicted octanol–water partition coefficient (Wildman–Crippen LogP) is 4.03. The molecule has 0 aromatic heterocycles. The average molecular weight is 242 g/mol. The van der Waals surface area contributed by atoms with E-state index in [9.17, 15) is 0 Å². The number of ether oxygens (including phenoxy) is 1. The molecule has 0 aliphatic heterocycles. The van der Waals surface area contributed by atoms with Gasteiger partial charge in [0, 0.05) is 5.56 Å². The van der Waals surface area contributed by atoms with E-state index in [4.69, 9.17) is 11.2 Å². The van der Waals surface area contributed by atoms with Crippen LogP contribution in [0.2, 0.25) is 0 Å². The fourth-order valence-corrected chi connectivity index (χ4v) is 2.22. The van der Waals surface area contributed by atoms with Crippen LogP contribution in [0, 0.1) is 24.7 Å². The van der Waals surface area contributed by atoms with Crippen LogP contribution in [-0.4, -0.2) is 6.61 Å². The molecule has 1 aromatic rings. The van der Waals surface area contributed by atoms with Gasteiger partial charge in [0.25, 0.3) is 0 Å². The van der Waals surface area contributed by atoms with Crippen LogP contribution in [0.5, 0.6) is 0 Å². The number of aryl methyl sites for hydroxylation is 1. The van der Waals surface area contributed by atoms with Crippen molar-refractivity contribution in [3.05, 3.63) is 34.9 Å². The quantitative estimate of drug-likeness (QED) is 0.727. The van der Waals surface area contributed by atoms with Crippen LogP contribution in [0.25, 0.3) is 0 Å². The van der Waals surface area contributed by atoms with Crippen molar-refractivity contribution in [2.75, 3.05) is 6.61 Å². The maximum absolute atomic E-state index is 6.19. The standard InChI is InChI=1S/C17H22O/c1-6-14-7-8-15(13(2)11-14)17(9-10-17)18-12-16(3,4)5/h1,7-8,11H,9-10,12H2,2-5H3. The van der Waals surface area contributed by atoms with E-state index in [-0.39, 0.29) is 11.0 Å². The lowest BCUT2D eigenvalue weighted by Crippen LogP contribution is -2.22. The van der Waals surface area contributed by atoms with Crippen molar-refractivity contribution in [3.63, 3.8) is 0 Å². The van der Waals surface area contributed by atoms with E-state index < -0.39 is 0 Å². The molecule has 96 valence electrons. The summed E-state index contributed by atoms with van der Waals surface area (Å²) in [5.41, 5.74) is 3.68. The maximum atomic E-state index is 6.19. The van der Waals surface area contributed by atoms with Crippen LogP contribution in [0.15, 0.2) is 18.2 Å². The van der Waals surface area contributed by atoms with Crippen LogP contribution in [0.3, 0.4) is 0 Å². The minimum atomic E-state index is -0.0372. The summed E-state index contributed by atoms with van der Waals surface area (Å²) in [6.45, 7) is 9.53.